The average Bonchev–Trinajstić information content (AvgIpc) is 2.74. The zero-order valence-electron chi connectivity index (χ0n) is 11.7. The second-order valence-corrected chi connectivity index (χ2v) is 4.01. The summed E-state index contributed by atoms with van der Waals surface area (Å²) in [6, 6.07) is 1.92. The smallest absolute Gasteiger partial charge is 0.241 e. The Morgan fingerprint density at radius 2 is 2.16 bits per heavy atom. The second kappa shape index (κ2) is 8.73. The van der Waals surface area contributed by atoms with Gasteiger partial charge in [0.05, 0.1) is 18.8 Å². The third-order valence-electron chi connectivity index (χ3n) is 2.49. The van der Waals surface area contributed by atoms with Crippen molar-refractivity contribution in [2.45, 2.75) is 6.54 Å². The first kappa shape index (κ1) is 17.7. The minimum absolute atomic E-state index is 0. The topological polar surface area (TPSA) is 74.6 Å². The number of halogens is 1. The van der Waals surface area contributed by atoms with Gasteiger partial charge in [0.1, 0.15) is 0 Å². The van der Waals surface area contributed by atoms with Gasteiger partial charge in [0.2, 0.25) is 5.91 Å². The summed E-state index contributed by atoms with van der Waals surface area (Å²) in [4.78, 5) is 17.0. The van der Waals surface area contributed by atoms with E-state index in [0.29, 0.717) is 12.5 Å². The highest BCUT2D eigenvalue weighted by atomic mass is 127. The van der Waals surface area contributed by atoms with Crippen molar-refractivity contribution in [2.24, 2.45) is 12.0 Å². The fraction of sp³-hybridized carbons (Fsp3) is 0.545. The van der Waals surface area contributed by atoms with Crippen molar-refractivity contribution in [3.05, 3.63) is 18.0 Å². The van der Waals surface area contributed by atoms with E-state index in [1.807, 2.05) is 13.1 Å². The van der Waals surface area contributed by atoms with Gasteiger partial charge in [-0.05, 0) is 6.07 Å². The number of likely N-dealkylation sites (N-methyl/N-ethyl adjacent to an activating group) is 1. The first-order valence-corrected chi connectivity index (χ1v) is 5.66. The van der Waals surface area contributed by atoms with E-state index in [1.54, 1.807) is 32.0 Å². The number of guanidine groups is 1. The Balaban J connectivity index is 0.00000324. The van der Waals surface area contributed by atoms with E-state index in [4.69, 9.17) is 0 Å². The van der Waals surface area contributed by atoms with E-state index in [2.05, 4.69) is 20.7 Å². The largest absolute Gasteiger partial charge is 0.351 e. The maximum atomic E-state index is 11.4. The SMILES string of the molecule is CN=C(NCC(=O)N(C)C)NCc1ccnn1C.I. The van der Waals surface area contributed by atoms with Crippen LogP contribution in [-0.2, 0) is 18.4 Å². The highest BCUT2D eigenvalue weighted by Gasteiger charge is 2.05. The molecule has 7 nitrogen and oxygen atoms in total. The van der Waals surface area contributed by atoms with E-state index >= 15 is 0 Å². The van der Waals surface area contributed by atoms with Gasteiger partial charge in [0.15, 0.2) is 5.96 Å². The molecule has 0 aromatic carbocycles. The normalized spacial score (nSPS) is 10.6. The maximum absolute atomic E-state index is 11.4. The van der Waals surface area contributed by atoms with Crippen LogP contribution >= 0.6 is 24.0 Å². The summed E-state index contributed by atoms with van der Waals surface area (Å²) in [5.74, 6) is 0.588. The number of aryl methyl sites for hydroxylation is 1. The van der Waals surface area contributed by atoms with Crippen LogP contribution in [0.15, 0.2) is 17.3 Å². The number of rotatable bonds is 4. The summed E-state index contributed by atoms with van der Waals surface area (Å²) in [6.07, 6.45) is 1.74. The van der Waals surface area contributed by atoms with Crippen LogP contribution in [0.3, 0.4) is 0 Å². The minimum atomic E-state index is -0.00140. The average molecular weight is 380 g/mol. The number of nitrogens with one attached hydrogen (secondary N) is 2. The molecule has 0 aliphatic heterocycles. The molecular formula is C11H21IN6O. The molecule has 0 unspecified atom stereocenters. The number of aliphatic imine (C=N–C) groups is 1. The van der Waals surface area contributed by atoms with Gasteiger partial charge in [-0.3, -0.25) is 14.5 Å². The molecule has 19 heavy (non-hydrogen) atoms. The molecule has 0 fully saturated rings. The molecule has 8 heteroatoms. The highest BCUT2D eigenvalue weighted by Crippen LogP contribution is 1.94. The molecule has 2 N–H and O–H groups in total. The lowest BCUT2D eigenvalue weighted by molar-refractivity contribution is -0.127. The van der Waals surface area contributed by atoms with Gasteiger partial charge >= 0.3 is 0 Å². The lowest BCUT2D eigenvalue weighted by atomic mass is 10.4. The van der Waals surface area contributed by atoms with Crippen molar-refractivity contribution >= 4 is 35.8 Å². The Labute approximate surface area is 130 Å². The van der Waals surface area contributed by atoms with Crippen LogP contribution in [-0.4, -0.2) is 54.2 Å². The number of carbonyl (C=O) groups is 1. The standard InChI is InChI=1S/C11H20N6O.HI/c1-12-11(14-8-10(18)16(2)3)13-7-9-5-6-15-17(9)4;/h5-6H,7-8H2,1-4H3,(H2,12,13,14);1H. The summed E-state index contributed by atoms with van der Waals surface area (Å²) in [5, 5.41) is 10.1. The lowest BCUT2D eigenvalue weighted by Gasteiger charge is -2.14. The Morgan fingerprint density at radius 1 is 1.47 bits per heavy atom. The number of nitrogens with zero attached hydrogens (tertiary/aromatic N) is 4. The number of amides is 1. The fourth-order valence-electron chi connectivity index (χ4n) is 1.29. The third kappa shape index (κ3) is 5.90. The molecule has 0 bridgehead atoms. The van der Waals surface area contributed by atoms with Gasteiger partial charge in [-0.1, -0.05) is 0 Å². The number of carbonyl (C=O) groups excluding carboxylic acids is 1. The summed E-state index contributed by atoms with van der Waals surface area (Å²) >= 11 is 0. The van der Waals surface area contributed by atoms with Gasteiger partial charge in [-0.25, -0.2) is 0 Å². The molecule has 1 aromatic heterocycles. The van der Waals surface area contributed by atoms with Crippen LogP contribution in [0.4, 0.5) is 0 Å². The zero-order valence-corrected chi connectivity index (χ0v) is 14.0. The maximum Gasteiger partial charge on any atom is 0.241 e. The fourth-order valence-corrected chi connectivity index (χ4v) is 1.29. The van der Waals surface area contributed by atoms with E-state index in [1.165, 1.54) is 4.90 Å². The summed E-state index contributed by atoms with van der Waals surface area (Å²) in [7, 11) is 6.98. The van der Waals surface area contributed by atoms with Crippen LogP contribution < -0.4 is 10.6 Å². The molecule has 1 aromatic rings. The van der Waals surface area contributed by atoms with Gasteiger partial charge in [0, 0.05) is 34.4 Å². The van der Waals surface area contributed by atoms with Crippen LogP contribution in [0.5, 0.6) is 0 Å². The zero-order chi connectivity index (χ0) is 13.5. The van der Waals surface area contributed by atoms with Crippen molar-refractivity contribution in [1.29, 1.82) is 0 Å². The summed E-state index contributed by atoms with van der Waals surface area (Å²) in [6.45, 7) is 0.824. The Hall–Kier alpha value is -1.32. The third-order valence-corrected chi connectivity index (χ3v) is 2.49. The molecule has 1 heterocycles. The van der Waals surface area contributed by atoms with Crippen molar-refractivity contribution in [3.8, 4) is 0 Å². The number of hydrogen-bond donors (Lipinski definition) is 2. The van der Waals surface area contributed by atoms with Crippen molar-refractivity contribution in [2.75, 3.05) is 27.7 Å². The van der Waals surface area contributed by atoms with Crippen LogP contribution in [0, 0.1) is 0 Å². The van der Waals surface area contributed by atoms with Crippen molar-refractivity contribution in [3.63, 3.8) is 0 Å². The predicted octanol–water partition coefficient (Wildman–Crippen LogP) is -0.209. The molecule has 0 radical (unpaired) electrons. The van der Waals surface area contributed by atoms with Crippen molar-refractivity contribution < 1.29 is 4.79 Å². The molecule has 108 valence electrons. The van der Waals surface area contributed by atoms with Crippen molar-refractivity contribution in [1.82, 2.24) is 25.3 Å². The van der Waals surface area contributed by atoms with Gasteiger partial charge in [-0.2, -0.15) is 5.10 Å². The van der Waals surface area contributed by atoms with Crippen LogP contribution in [0.1, 0.15) is 5.69 Å². The van der Waals surface area contributed by atoms with Gasteiger partial charge < -0.3 is 15.5 Å². The lowest BCUT2D eigenvalue weighted by Crippen LogP contribution is -2.42. The Bertz CT molecular complexity index is 429. The summed E-state index contributed by atoms with van der Waals surface area (Å²) in [5.41, 5.74) is 1.04. The minimum Gasteiger partial charge on any atom is -0.351 e. The molecule has 0 saturated heterocycles. The predicted molar refractivity (Wildman–Crippen MR) is 85.5 cm³/mol. The second-order valence-electron chi connectivity index (χ2n) is 4.01. The molecule has 0 saturated carbocycles. The van der Waals surface area contributed by atoms with E-state index in [0.717, 1.165) is 5.69 Å². The van der Waals surface area contributed by atoms with E-state index in [9.17, 15) is 4.79 Å². The first-order chi connectivity index (χ1) is 8.54. The Morgan fingerprint density at radius 3 is 2.63 bits per heavy atom. The molecule has 0 spiro atoms. The van der Waals surface area contributed by atoms with Crippen LogP contribution in [0.2, 0.25) is 0 Å². The molecular weight excluding hydrogens is 359 g/mol. The van der Waals surface area contributed by atoms with Gasteiger partial charge in [-0.15, -0.1) is 24.0 Å². The van der Waals surface area contributed by atoms with E-state index < -0.39 is 0 Å². The highest BCUT2D eigenvalue weighted by molar-refractivity contribution is 14.0. The quantitative estimate of drug-likeness (QED) is 0.431. The Kier molecular flexibility index (Phi) is 8.12. The monoisotopic (exact) mass is 380 g/mol. The van der Waals surface area contributed by atoms with Crippen LogP contribution in [0.25, 0.3) is 0 Å². The molecule has 1 amide bonds. The number of aromatic nitrogens is 2. The summed E-state index contributed by atoms with van der Waals surface area (Å²) < 4.78 is 1.78. The first-order valence-electron chi connectivity index (χ1n) is 5.66. The number of hydrogen-bond acceptors (Lipinski definition) is 3. The van der Waals surface area contributed by atoms with E-state index in [-0.39, 0.29) is 36.4 Å². The molecule has 0 aliphatic rings. The molecule has 0 atom stereocenters. The molecule has 1 rings (SSSR count). The van der Waals surface area contributed by atoms with Gasteiger partial charge in [0.25, 0.3) is 0 Å². The molecule has 0 aliphatic carbocycles.